The lowest BCUT2D eigenvalue weighted by atomic mass is 10.1. The van der Waals surface area contributed by atoms with Gasteiger partial charge in [0.15, 0.2) is 5.78 Å². The van der Waals surface area contributed by atoms with E-state index >= 15 is 0 Å². The lowest BCUT2D eigenvalue weighted by molar-refractivity contribution is -0.111. The highest BCUT2D eigenvalue weighted by Gasteiger charge is 1.95. The lowest BCUT2D eigenvalue weighted by Crippen LogP contribution is -1.92. The smallest absolute Gasteiger partial charge is 0.185 e. The minimum atomic E-state index is -0.118. The number of rotatable bonds is 5. The minimum absolute atomic E-state index is 0.118. The summed E-state index contributed by atoms with van der Waals surface area (Å²) in [6, 6.07) is 18.2. The second-order valence-corrected chi connectivity index (χ2v) is 5.31. The molecule has 0 N–H and O–H groups in total. The van der Waals surface area contributed by atoms with Gasteiger partial charge in [-0.2, -0.15) is 0 Å². The molecule has 0 bridgehead atoms. The van der Waals surface area contributed by atoms with Crippen LogP contribution in [-0.2, 0) is 4.79 Å². The van der Waals surface area contributed by atoms with Gasteiger partial charge in [0.2, 0.25) is 0 Å². The van der Waals surface area contributed by atoms with E-state index in [4.69, 9.17) is 0 Å². The van der Waals surface area contributed by atoms with Gasteiger partial charge in [0.05, 0.1) is 0 Å². The molecule has 0 aromatic heterocycles. The zero-order chi connectivity index (χ0) is 21.8. The molecule has 0 aliphatic carbocycles. The fourth-order valence-corrected chi connectivity index (χ4v) is 1.74. The fraction of sp³-hybridized carbons (Fsp3) is 0.222. The predicted molar refractivity (Wildman–Crippen MR) is 128 cm³/mol. The number of carbonyl (C=O) groups excluding carboxylic acids is 1. The fourth-order valence-electron chi connectivity index (χ4n) is 1.74. The highest BCUT2D eigenvalue weighted by atomic mass is 16.1. The molecular weight excluding hydrogens is 340 g/mol. The first-order valence-corrected chi connectivity index (χ1v) is 9.82. The van der Waals surface area contributed by atoms with Crippen molar-refractivity contribution in [1.82, 2.24) is 0 Å². The van der Waals surface area contributed by atoms with Gasteiger partial charge in [-0.3, -0.25) is 4.79 Å². The number of benzene rings is 2. The zero-order valence-electron chi connectivity index (χ0n) is 18.4. The standard InChI is InChI=1S/C15H14O.C8H10.2C2H6/c1-3-13(2)15(16)12-8-7-11-14-9-5-4-6-10-14;1-7-5-3-4-6-8(7)2;2*1-2/h3-12H,1-2H2;3-6H,1-2H3;2*1-2H3/b11-7+,12-8+;;;. The molecule has 0 radical (unpaired) electrons. The molecule has 0 amide bonds. The summed E-state index contributed by atoms with van der Waals surface area (Å²) in [7, 11) is 0. The maximum Gasteiger partial charge on any atom is 0.185 e. The van der Waals surface area contributed by atoms with Crippen LogP contribution < -0.4 is 0 Å². The third kappa shape index (κ3) is 13.3. The molecule has 1 nitrogen and oxygen atoms in total. The van der Waals surface area contributed by atoms with Gasteiger partial charge in [0.1, 0.15) is 0 Å². The molecule has 0 spiro atoms. The van der Waals surface area contributed by atoms with Crippen molar-refractivity contribution in [1.29, 1.82) is 0 Å². The molecule has 28 heavy (non-hydrogen) atoms. The van der Waals surface area contributed by atoms with E-state index < -0.39 is 0 Å². The quantitative estimate of drug-likeness (QED) is 0.382. The number of hydrogen-bond donors (Lipinski definition) is 0. The Labute approximate surface area is 172 Å². The topological polar surface area (TPSA) is 17.1 Å². The van der Waals surface area contributed by atoms with Crippen LogP contribution in [0.2, 0.25) is 0 Å². The maximum atomic E-state index is 11.3. The third-order valence-electron chi connectivity index (χ3n) is 3.44. The van der Waals surface area contributed by atoms with Crippen molar-refractivity contribution >= 4 is 11.9 Å². The van der Waals surface area contributed by atoms with Crippen molar-refractivity contribution in [3.05, 3.63) is 114 Å². The van der Waals surface area contributed by atoms with Crippen molar-refractivity contribution in [2.75, 3.05) is 0 Å². The van der Waals surface area contributed by atoms with Crippen LogP contribution in [0.4, 0.5) is 0 Å². The Morgan fingerprint density at radius 3 is 1.68 bits per heavy atom. The lowest BCUT2D eigenvalue weighted by Gasteiger charge is -1.93. The number of carbonyl (C=O) groups is 1. The van der Waals surface area contributed by atoms with Crippen LogP contribution in [0.25, 0.3) is 6.08 Å². The average molecular weight is 377 g/mol. The van der Waals surface area contributed by atoms with Gasteiger partial charge in [0.25, 0.3) is 0 Å². The molecule has 2 aromatic carbocycles. The van der Waals surface area contributed by atoms with E-state index in [1.54, 1.807) is 6.08 Å². The van der Waals surface area contributed by atoms with Crippen molar-refractivity contribution in [2.45, 2.75) is 41.5 Å². The second-order valence-electron chi connectivity index (χ2n) is 5.31. The SMILES string of the molecule is C=CC(=C)C(=O)/C=C/C=C/c1ccccc1.CC.CC.Cc1ccccc1C. The van der Waals surface area contributed by atoms with Crippen LogP contribution in [-0.4, -0.2) is 5.78 Å². The van der Waals surface area contributed by atoms with E-state index in [2.05, 4.69) is 51.3 Å². The van der Waals surface area contributed by atoms with Gasteiger partial charge in [-0.15, -0.1) is 0 Å². The molecule has 1 heteroatoms. The molecule has 150 valence electrons. The molecule has 2 aromatic rings. The summed E-state index contributed by atoms with van der Waals surface area (Å²) >= 11 is 0. The summed E-state index contributed by atoms with van der Waals surface area (Å²) in [5, 5.41) is 0. The van der Waals surface area contributed by atoms with Crippen LogP contribution in [0.3, 0.4) is 0 Å². The number of aryl methyl sites for hydroxylation is 2. The summed E-state index contributed by atoms with van der Waals surface area (Å²) in [5.74, 6) is -0.118. The second kappa shape index (κ2) is 18.8. The third-order valence-corrected chi connectivity index (χ3v) is 3.44. The van der Waals surface area contributed by atoms with E-state index in [0.29, 0.717) is 5.57 Å². The average Bonchev–Trinajstić information content (AvgIpc) is 2.76. The zero-order valence-corrected chi connectivity index (χ0v) is 18.4. The molecule has 0 heterocycles. The van der Waals surface area contributed by atoms with Crippen molar-refractivity contribution < 1.29 is 4.79 Å². The van der Waals surface area contributed by atoms with Crippen molar-refractivity contribution in [2.24, 2.45) is 0 Å². The Bertz CT molecular complexity index is 713. The molecule has 0 unspecified atom stereocenters. The Kier molecular flexibility index (Phi) is 18.4. The van der Waals surface area contributed by atoms with Crippen molar-refractivity contribution in [3.63, 3.8) is 0 Å². The Morgan fingerprint density at radius 1 is 0.786 bits per heavy atom. The molecular formula is C27H36O. The maximum absolute atomic E-state index is 11.3. The molecule has 0 aliphatic rings. The molecule has 2 rings (SSSR count). The molecule has 0 atom stereocenters. The van der Waals surface area contributed by atoms with Crippen molar-refractivity contribution in [3.8, 4) is 0 Å². The van der Waals surface area contributed by atoms with Gasteiger partial charge in [-0.1, -0.05) is 120 Å². The first-order chi connectivity index (χ1) is 13.5. The number of allylic oxidation sites excluding steroid dienone is 5. The predicted octanol–water partition coefficient (Wildman–Crippen LogP) is 7.92. The molecule has 0 fully saturated rings. The van der Waals surface area contributed by atoms with E-state index in [1.807, 2.05) is 70.2 Å². The summed E-state index contributed by atoms with van der Waals surface area (Å²) in [4.78, 5) is 11.3. The van der Waals surface area contributed by atoms with E-state index in [1.165, 1.54) is 23.3 Å². The Morgan fingerprint density at radius 2 is 1.25 bits per heavy atom. The van der Waals surface area contributed by atoms with Crippen LogP contribution in [0, 0.1) is 13.8 Å². The Balaban J connectivity index is 0. The summed E-state index contributed by atoms with van der Waals surface area (Å²) in [6.07, 6.45) is 8.38. The summed E-state index contributed by atoms with van der Waals surface area (Å²) in [5.41, 5.74) is 4.24. The first-order valence-electron chi connectivity index (χ1n) is 9.82. The first kappa shape index (κ1) is 27.3. The van der Waals surface area contributed by atoms with Gasteiger partial charge < -0.3 is 0 Å². The van der Waals surface area contributed by atoms with Gasteiger partial charge >= 0.3 is 0 Å². The van der Waals surface area contributed by atoms with E-state index in [-0.39, 0.29) is 5.78 Å². The normalized spacial score (nSPS) is 9.21. The van der Waals surface area contributed by atoms with Crippen LogP contribution in [0.5, 0.6) is 0 Å². The van der Waals surface area contributed by atoms with Crippen LogP contribution >= 0.6 is 0 Å². The van der Waals surface area contributed by atoms with E-state index in [0.717, 1.165) is 5.56 Å². The summed E-state index contributed by atoms with van der Waals surface area (Å²) < 4.78 is 0. The molecule has 0 aliphatic heterocycles. The Hall–Kier alpha value is -2.93. The van der Waals surface area contributed by atoms with Gasteiger partial charge in [-0.05, 0) is 36.6 Å². The number of ketones is 1. The molecule has 0 saturated carbocycles. The highest BCUT2D eigenvalue weighted by Crippen LogP contribution is 2.03. The molecule has 0 saturated heterocycles. The van der Waals surface area contributed by atoms with Crippen LogP contribution in [0.15, 0.2) is 97.6 Å². The van der Waals surface area contributed by atoms with Gasteiger partial charge in [-0.25, -0.2) is 0 Å². The van der Waals surface area contributed by atoms with Gasteiger partial charge in [0, 0.05) is 5.57 Å². The summed E-state index contributed by atoms with van der Waals surface area (Å²) in [6.45, 7) is 19.3. The minimum Gasteiger partial charge on any atom is -0.289 e. The monoisotopic (exact) mass is 376 g/mol. The number of hydrogen-bond acceptors (Lipinski definition) is 1. The van der Waals surface area contributed by atoms with Crippen LogP contribution in [0.1, 0.15) is 44.4 Å². The van der Waals surface area contributed by atoms with E-state index in [9.17, 15) is 4.79 Å². The largest absolute Gasteiger partial charge is 0.289 e. The highest BCUT2D eigenvalue weighted by molar-refractivity contribution is 6.05.